The molecule has 0 fully saturated rings. The Morgan fingerprint density at radius 3 is 2.17 bits per heavy atom. The van der Waals surface area contributed by atoms with Crippen LogP contribution < -0.4 is 4.90 Å². The first-order valence-electron chi connectivity index (χ1n) is 10.8. The largest absolute Gasteiger partial charge is 0.345 e. The molecule has 0 unspecified atom stereocenters. The van der Waals surface area contributed by atoms with Crippen LogP contribution in [0.4, 0.5) is 11.4 Å². The van der Waals surface area contributed by atoms with E-state index in [0.717, 1.165) is 34.8 Å². The third-order valence-corrected chi connectivity index (χ3v) is 7.38. The highest BCUT2D eigenvalue weighted by molar-refractivity contribution is 7.86. The summed E-state index contributed by atoms with van der Waals surface area (Å²) in [4.78, 5) is 6.31. The third-order valence-electron chi connectivity index (χ3n) is 5.68. The van der Waals surface area contributed by atoms with Crippen molar-refractivity contribution in [1.29, 1.82) is 0 Å². The van der Waals surface area contributed by atoms with Gasteiger partial charge in [-0.1, -0.05) is 30.4 Å². The topological polar surface area (TPSA) is 124 Å². The van der Waals surface area contributed by atoms with E-state index in [1.54, 1.807) is 12.1 Å². The average molecular weight is 513 g/mol. The second kappa shape index (κ2) is 9.74. The van der Waals surface area contributed by atoms with Crippen LogP contribution in [0.2, 0.25) is 0 Å². The Morgan fingerprint density at radius 2 is 1.49 bits per heavy atom. The number of fused-ring (bicyclic) bond motifs is 2. The van der Waals surface area contributed by atoms with Gasteiger partial charge < -0.3 is 4.90 Å². The minimum Gasteiger partial charge on any atom is -0.345 e. The van der Waals surface area contributed by atoms with Gasteiger partial charge in [-0.05, 0) is 66.6 Å². The Hall–Kier alpha value is -3.31. The molecule has 0 atom stereocenters. The number of hydrogen-bond donors (Lipinski definition) is 2. The van der Waals surface area contributed by atoms with Crippen molar-refractivity contribution >= 4 is 37.3 Å². The van der Waals surface area contributed by atoms with Gasteiger partial charge in [0, 0.05) is 36.5 Å². The van der Waals surface area contributed by atoms with Gasteiger partial charge in [-0.3, -0.25) is 14.1 Å². The van der Waals surface area contributed by atoms with Crippen LogP contribution in [0.3, 0.4) is 0 Å². The van der Waals surface area contributed by atoms with Crippen molar-refractivity contribution in [2.24, 2.45) is 4.99 Å². The number of anilines is 1. The van der Waals surface area contributed by atoms with Crippen molar-refractivity contribution in [3.8, 4) is 0 Å². The summed E-state index contributed by atoms with van der Waals surface area (Å²) in [7, 11) is -8.47. The van der Waals surface area contributed by atoms with E-state index in [4.69, 9.17) is 0 Å². The van der Waals surface area contributed by atoms with E-state index in [0.29, 0.717) is 18.5 Å². The lowest BCUT2D eigenvalue weighted by Gasteiger charge is -2.19. The molecule has 10 heteroatoms. The van der Waals surface area contributed by atoms with E-state index in [-0.39, 0.29) is 9.79 Å². The molecule has 0 bridgehead atoms. The fraction of sp³-hybridized carbons (Fsp3) is 0.160. The van der Waals surface area contributed by atoms with Crippen LogP contribution in [-0.2, 0) is 33.1 Å². The van der Waals surface area contributed by atoms with Crippen LogP contribution in [-0.4, -0.2) is 38.2 Å². The van der Waals surface area contributed by atoms with E-state index in [1.807, 2.05) is 49.5 Å². The first-order chi connectivity index (χ1) is 16.6. The molecular weight excluding hydrogens is 488 g/mol. The number of allylic oxidation sites excluding steroid dienone is 8. The van der Waals surface area contributed by atoms with Gasteiger partial charge in [-0.2, -0.15) is 16.8 Å². The first-order valence-corrected chi connectivity index (χ1v) is 13.7. The molecule has 182 valence electrons. The number of benzene rings is 2. The van der Waals surface area contributed by atoms with Crippen LogP contribution in [0.15, 0.2) is 99.4 Å². The molecule has 0 aliphatic carbocycles. The maximum Gasteiger partial charge on any atom is 0.294 e. The van der Waals surface area contributed by atoms with E-state index < -0.39 is 20.2 Å². The zero-order valence-corrected chi connectivity index (χ0v) is 20.5. The minimum atomic E-state index is -4.24. The molecule has 0 saturated heterocycles. The van der Waals surface area contributed by atoms with Crippen molar-refractivity contribution < 1.29 is 25.9 Å². The molecule has 0 spiro atoms. The van der Waals surface area contributed by atoms with Crippen molar-refractivity contribution in [1.82, 2.24) is 0 Å². The van der Waals surface area contributed by atoms with Gasteiger partial charge in [0.25, 0.3) is 20.2 Å². The van der Waals surface area contributed by atoms with Crippen molar-refractivity contribution in [3.05, 3.63) is 95.8 Å². The molecule has 2 aromatic carbocycles. The number of rotatable bonds is 7. The molecular formula is C25H24N2O6S2. The smallest absolute Gasteiger partial charge is 0.294 e. The molecule has 2 aliphatic heterocycles. The minimum absolute atomic E-state index is 0.104. The van der Waals surface area contributed by atoms with E-state index in [9.17, 15) is 25.9 Å². The van der Waals surface area contributed by atoms with Gasteiger partial charge in [-0.25, -0.2) is 0 Å². The summed E-state index contributed by atoms with van der Waals surface area (Å²) < 4.78 is 63.9. The number of likely N-dealkylation sites (N-methyl/N-ethyl adjacent to an activating group) is 1. The Bertz CT molecular complexity index is 1530. The predicted octanol–water partition coefficient (Wildman–Crippen LogP) is 4.44. The highest BCUT2D eigenvalue weighted by Gasteiger charge is 2.24. The molecule has 4 rings (SSSR count). The van der Waals surface area contributed by atoms with Crippen LogP contribution in [0.25, 0.3) is 0 Å². The lowest BCUT2D eigenvalue weighted by Crippen LogP contribution is -2.17. The maximum absolute atomic E-state index is 11.4. The van der Waals surface area contributed by atoms with E-state index >= 15 is 0 Å². The fourth-order valence-corrected chi connectivity index (χ4v) is 5.14. The molecule has 35 heavy (non-hydrogen) atoms. The Balaban J connectivity index is 1.36. The summed E-state index contributed by atoms with van der Waals surface area (Å²) in [6, 6.07) is 8.98. The Labute approximate surface area is 204 Å². The summed E-state index contributed by atoms with van der Waals surface area (Å²) in [5, 5.41) is 0. The summed E-state index contributed by atoms with van der Waals surface area (Å²) in [5.41, 5.74) is 5.03. The summed E-state index contributed by atoms with van der Waals surface area (Å²) in [5.74, 6) is 0. The Kier molecular flexibility index (Phi) is 6.91. The lowest BCUT2D eigenvalue weighted by molar-refractivity contribution is 0.481. The van der Waals surface area contributed by atoms with Gasteiger partial charge >= 0.3 is 0 Å². The average Bonchev–Trinajstić information content (AvgIpc) is 3.36. The highest BCUT2D eigenvalue weighted by Crippen LogP contribution is 2.35. The third kappa shape index (κ3) is 5.68. The molecule has 2 heterocycles. The van der Waals surface area contributed by atoms with Crippen LogP contribution in [0.5, 0.6) is 0 Å². The normalized spacial score (nSPS) is 17.2. The van der Waals surface area contributed by atoms with Crippen LogP contribution in [0.1, 0.15) is 18.1 Å². The number of hydrogen-bond acceptors (Lipinski definition) is 6. The maximum atomic E-state index is 11.4. The highest BCUT2D eigenvalue weighted by atomic mass is 32.2. The molecule has 0 saturated carbocycles. The molecule has 0 aromatic heterocycles. The lowest BCUT2D eigenvalue weighted by atomic mass is 10.1. The molecule has 8 nitrogen and oxygen atoms in total. The molecule has 0 radical (unpaired) electrons. The predicted molar refractivity (Wildman–Crippen MR) is 136 cm³/mol. The SMILES string of the molecule is CCN1\C(=C/C=C/C=C/C=C/C2=Nc3ccc(S(=O)(=O)O)cc3C2)Cc2cc(S(=O)(=O)O)ccc21. The zero-order chi connectivity index (χ0) is 25.2. The molecule has 0 amide bonds. The van der Waals surface area contributed by atoms with Crippen LogP contribution in [0, 0.1) is 0 Å². The van der Waals surface area contributed by atoms with Crippen molar-refractivity contribution in [3.63, 3.8) is 0 Å². The van der Waals surface area contributed by atoms with E-state index in [2.05, 4.69) is 9.89 Å². The monoisotopic (exact) mass is 512 g/mol. The first kappa shape index (κ1) is 24.8. The van der Waals surface area contributed by atoms with Crippen LogP contribution >= 0.6 is 0 Å². The van der Waals surface area contributed by atoms with Crippen molar-refractivity contribution in [2.45, 2.75) is 29.6 Å². The molecule has 2 aromatic rings. The second-order valence-corrected chi connectivity index (χ2v) is 10.9. The van der Waals surface area contributed by atoms with E-state index in [1.165, 1.54) is 24.3 Å². The second-order valence-electron chi connectivity index (χ2n) is 8.02. The van der Waals surface area contributed by atoms with Gasteiger partial charge in [0.05, 0.1) is 15.5 Å². The molecule has 2 aliphatic rings. The van der Waals surface area contributed by atoms with Crippen molar-refractivity contribution in [2.75, 3.05) is 11.4 Å². The summed E-state index contributed by atoms with van der Waals surface area (Å²) in [6.07, 6.45) is 14.2. The quantitative estimate of drug-likeness (QED) is 0.415. The molecule has 2 N–H and O–H groups in total. The van der Waals surface area contributed by atoms with Gasteiger partial charge in [0.2, 0.25) is 0 Å². The summed E-state index contributed by atoms with van der Waals surface area (Å²) >= 11 is 0. The van der Waals surface area contributed by atoms with Gasteiger partial charge in [0.15, 0.2) is 0 Å². The zero-order valence-electron chi connectivity index (χ0n) is 18.9. The van der Waals surface area contributed by atoms with Gasteiger partial charge in [0.1, 0.15) is 0 Å². The van der Waals surface area contributed by atoms with Gasteiger partial charge in [-0.15, -0.1) is 0 Å². The summed E-state index contributed by atoms with van der Waals surface area (Å²) in [6.45, 7) is 2.74. The number of aliphatic imine (C=N–C) groups is 1. The standard InChI is InChI=1S/C25H24N2O6S2/c1-2-27-21(15-19-17-23(35(31,32)33)11-13-25(19)27)9-7-5-3-4-6-8-20-14-18-16-22(34(28,29)30)10-12-24(18)26-20/h3-13,16-17H,2,14-15H2,1H3,(H,28,29,30)(H,31,32,33)/b4-3+,7-5+,8-6+,21-9-. The fourth-order valence-electron chi connectivity index (χ4n) is 4.08. The Morgan fingerprint density at radius 1 is 0.857 bits per heavy atom. The number of nitrogens with zero attached hydrogens (tertiary/aromatic N) is 2.